The van der Waals surface area contributed by atoms with Gasteiger partial charge in [0.05, 0.1) is 6.61 Å². The van der Waals surface area contributed by atoms with Crippen molar-refractivity contribution >= 4 is 6.29 Å². The van der Waals surface area contributed by atoms with Crippen LogP contribution >= 0.6 is 0 Å². The van der Waals surface area contributed by atoms with Crippen LogP contribution < -0.4 is 0 Å². The van der Waals surface area contributed by atoms with Gasteiger partial charge in [-0.05, 0) is 12.8 Å². The zero-order chi connectivity index (χ0) is 13.1. The predicted octanol–water partition coefficient (Wildman–Crippen LogP) is 2.48. The molecule has 1 aliphatic heterocycles. The van der Waals surface area contributed by atoms with Gasteiger partial charge in [0.1, 0.15) is 0 Å². The third-order valence-corrected chi connectivity index (χ3v) is 2.80. The van der Waals surface area contributed by atoms with E-state index < -0.39 is 11.9 Å². The van der Waals surface area contributed by atoms with Crippen molar-refractivity contribution in [2.75, 3.05) is 13.2 Å². The van der Waals surface area contributed by atoms with Crippen LogP contribution in [0.3, 0.4) is 0 Å². The first-order chi connectivity index (χ1) is 7.89. The molecule has 0 bridgehead atoms. The van der Waals surface area contributed by atoms with Gasteiger partial charge in [0.2, 0.25) is 0 Å². The summed E-state index contributed by atoms with van der Waals surface area (Å²) in [5, 5.41) is 0. The van der Waals surface area contributed by atoms with E-state index in [0.29, 0.717) is 12.1 Å². The lowest BCUT2D eigenvalue weighted by Crippen LogP contribution is -2.57. The highest BCUT2D eigenvalue weighted by Gasteiger charge is 2.63. The van der Waals surface area contributed by atoms with Gasteiger partial charge >= 0.3 is 6.18 Å². The molecule has 1 atom stereocenters. The average molecular weight is 251 g/mol. The molecule has 3 nitrogen and oxygen atoms in total. The Morgan fingerprint density at radius 1 is 1.59 bits per heavy atom. The number of rotatable bonds is 5. The molecule has 0 aromatic carbocycles. The monoisotopic (exact) mass is 251 g/mol. The lowest BCUT2D eigenvalue weighted by atomic mass is 10.1. The molecule has 0 aromatic heterocycles. The highest BCUT2D eigenvalue weighted by Crippen LogP contribution is 2.40. The smallest absolute Gasteiger partial charge is 0.340 e. The summed E-state index contributed by atoms with van der Waals surface area (Å²) in [7, 11) is 0. The van der Waals surface area contributed by atoms with Crippen molar-refractivity contribution < 1.29 is 22.7 Å². The fourth-order valence-corrected chi connectivity index (χ4v) is 1.84. The second kappa shape index (κ2) is 5.08. The van der Waals surface area contributed by atoms with Gasteiger partial charge < -0.3 is 9.64 Å². The second-order valence-electron chi connectivity index (χ2n) is 3.98. The summed E-state index contributed by atoms with van der Waals surface area (Å²) < 4.78 is 43.4. The van der Waals surface area contributed by atoms with Crippen LogP contribution in [0.1, 0.15) is 26.2 Å². The number of aldehydes is 1. The van der Waals surface area contributed by atoms with Crippen LogP contribution in [0.15, 0.2) is 12.3 Å². The topological polar surface area (TPSA) is 29.5 Å². The van der Waals surface area contributed by atoms with Crippen LogP contribution in [-0.2, 0) is 9.53 Å². The van der Waals surface area contributed by atoms with E-state index in [1.165, 1.54) is 0 Å². The van der Waals surface area contributed by atoms with E-state index in [1.54, 1.807) is 0 Å². The number of hydrogen-bond donors (Lipinski definition) is 0. The molecule has 1 fully saturated rings. The molecule has 1 rings (SSSR count). The number of nitrogens with zero attached hydrogens (tertiary/aromatic N) is 1. The molecule has 0 saturated carbocycles. The van der Waals surface area contributed by atoms with Crippen molar-refractivity contribution in [3.8, 4) is 0 Å². The van der Waals surface area contributed by atoms with E-state index in [1.807, 2.05) is 6.92 Å². The van der Waals surface area contributed by atoms with Crippen LogP contribution in [0.5, 0.6) is 0 Å². The molecule has 6 heteroatoms. The molecule has 0 radical (unpaired) electrons. The number of allylic oxidation sites excluding steroid dienone is 1. The maximum atomic E-state index is 12.9. The summed E-state index contributed by atoms with van der Waals surface area (Å²) in [5.74, 6) is 0. The van der Waals surface area contributed by atoms with Crippen molar-refractivity contribution in [1.29, 1.82) is 0 Å². The van der Waals surface area contributed by atoms with E-state index in [2.05, 4.69) is 11.3 Å². The lowest BCUT2D eigenvalue weighted by Gasteiger charge is -2.36. The number of unbranched alkanes of at least 4 members (excludes halogenated alkanes) is 1. The zero-order valence-corrected chi connectivity index (χ0v) is 9.72. The van der Waals surface area contributed by atoms with Crippen LogP contribution in [-0.4, -0.2) is 36.2 Å². The Bertz CT molecular complexity index is 304. The summed E-state index contributed by atoms with van der Waals surface area (Å²) in [5.41, 5.74) is -2.54. The SMILES string of the molecule is C=C(CCCC)N1CCOC1(C=O)C(F)(F)F. The molecule has 1 saturated heterocycles. The Labute approximate surface area is 98.2 Å². The summed E-state index contributed by atoms with van der Waals surface area (Å²) in [4.78, 5) is 11.8. The first-order valence-corrected chi connectivity index (χ1v) is 5.51. The second-order valence-corrected chi connectivity index (χ2v) is 3.98. The maximum Gasteiger partial charge on any atom is 0.444 e. The molecule has 1 unspecified atom stereocenters. The Hall–Kier alpha value is -1.04. The summed E-state index contributed by atoms with van der Waals surface area (Å²) in [6.45, 7) is 5.47. The Morgan fingerprint density at radius 3 is 2.71 bits per heavy atom. The molecule has 0 N–H and O–H groups in total. The van der Waals surface area contributed by atoms with Gasteiger partial charge in [-0.25, -0.2) is 0 Å². The van der Waals surface area contributed by atoms with Crippen LogP contribution in [0.25, 0.3) is 0 Å². The van der Waals surface area contributed by atoms with Crippen molar-refractivity contribution in [3.05, 3.63) is 12.3 Å². The molecule has 0 aromatic rings. The molecule has 0 spiro atoms. The van der Waals surface area contributed by atoms with Gasteiger partial charge in [-0.3, -0.25) is 4.79 Å². The fourth-order valence-electron chi connectivity index (χ4n) is 1.84. The normalized spacial score (nSPS) is 25.1. The minimum Gasteiger partial charge on any atom is -0.340 e. The Morgan fingerprint density at radius 2 is 2.24 bits per heavy atom. The van der Waals surface area contributed by atoms with E-state index in [4.69, 9.17) is 0 Å². The van der Waals surface area contributed by atoms with Gasteiger partial charge in [-0.2, -0.15) is 13.2 Å². The summed E-state index contributed by atoms with van der Waals surface area (Å²) in [6.07, 6.45) is -2.90. The number of alkyl halides is 3. The van der Waals surface area contributed by atoms with Gasteiger partial charge in [0.15, 0.2) is 6.29 Å². The Balaban J connectivity index is 2.90. The van der Waals surface area contributed by atoms with Crippen molar-refractivity contribution in [3.63, 3.8) is 0 Å². The van der Waals surface area contributed by atoms with Gasteiger partial charge in [-0.15, -0.1) is 0 Å². The van der Waals surface area contributed by atoms with Gasteiger partial charge in [-0.1, -0.05) is 19.9 Å². The highest BCUT2D eigenvalue weighted by atomic mass is 19.4. The highest BCUT2D eigenvalue weighted by molar-refractivity contribution is 5.64. The predicted molar refractivity (Wildman–Crippen MR) is 56.2 cm³/mol. The number of halogens is 3. The summed E-state index contributed by atoms with van der Waals surface area (Å²) >= 11 is 0. The van der Waals surface area contributed by atoms with Crippen molar-refractivity contribution in [1.82, 2.24) is 4.90 Å². The number of hydrogen-bond acceptors (Lipinski definition) is 3. The molecule has 17 heavy (non-hydrogen) atoms. The molecule has 98 valence electrons. The third kappa shape index (κ3) is 2.46. The first-order valence-electron chi connectivity index (χ1n) is 5.51. The van der Waals surface area contributed by atoms with Gasteiger partial charge in [0, 0.05) is 12.2 Å². The fraction of sp³-hybridized carbons (Fsp3) is 0.727. The van der Waals surface area contributed by atoms with Crippen molar-refractivity contribution in [2.24, 2.45) is 0 Å². The minimum atomic E-state index is -4.75. The van der Waals surface area contributed by atoms with E-state index in [9.17, 15) is 18.0 Å². The van der Waals surface area contributed by atoms with Crippen LogP contribution in [0.2, 0.25) is 0 Å². The van der Waals surface area contributed by atoms with E-state index in [-0.39, 0.29) is 19.4 Å². The molecule has 1 aliphatic rings. The first kappa shape index (κ1) is 14.0. The third-order valence-electron chi connectivity index (χ3n) is 2.80. The molecular formula is C11H16F3NO2. The maximum absolute atomic E-state index is 12.9. The largest absolute Gasteiger partial charge is 0.444 e. The molecule has 0 aliphatic carbocycles. The van der Waals surface area contributed by atoms with Crippen molar-refractivity contribution in [2.45, 2.75) is 38.1 Å². The quantitative estimate of drug-likeness (QED) is 0.703. The molecular weight excluding hydrogens is 235 g/mol. The summed E-state index contributed by atoms with van der Waals surface area (Å²) in [6, 6.07) is 0. The average Bonchev–Trinajstić information content (AvgIpc) is 2.69. The molecule has 0 amide bonds. The minimum absolute atomic E-state index is 0.0425. The standard InChI is InChI=1S/C11H16F3NO2/c1-3-4-5-9(2)15-6-7-17-10(15,8-16)11(12,13)14/h8H,2-7H2,1H3. The van der Waals surface area contributed by atoms with Crippen LogP contribution in [0.4, 0.5) is 13.2 Å². The lowest BCUT2D eigenvalue weighted by molar-refractivity contribution is -0.278. The molecule has 1 heterocycles. The van der Waals surface area contributed by atoms with E-state index in [0.717, 1.165) is 17.7 Å². The van der Waals surface area contributed by atoms with Crippen LogP contribution in [0, 0.1) is 0 Å². The number of carbonyl (C=O) groups is 1. The van der Waals surface area contributed by atoms with E-state index >= 15 is 0 Å². The zero-order valence-electron chi connectivity index (χ0n) is 9.72. The number of carbonyl (C=O) groups excluding carboxylic acids is 1. The van der Waals surface area contributed by atoms with Gasteiger partial charge in [0.25, 0.3) is 5.72 Å². The Kier molecular flexibility index (Phi) is 4.19. The number of ether oxygens (including phenoxy) is 1.